The second-order valence-corrected chi connectivity index (χ2v) is 5.71. The molecule has 11 nitrogen and oxygen atoms in total. The van der Waals surface area contributed by atoms with Crippen molar-refractivity contribution in [2.45, 2.75) is 0 Å². The molecule has 0 N–H and O–H groups in total. The molecule has 3 rings (SSSR count). The molecule has 0 fully saturated rings. The zero-order valence-electron chi connectivity index (χ0n) is 15.0. The maximum absolute atomic E-state index is 12.3. The lowest BCUT2D eigenvalue weighted by Gasteiger charge is -2.06. The number of ether oxygens (including phenoxy) is 2. The van der Waals surface area contributed by atoms with Crippen LogP contribution in [0, 0.1) is 20.2 Å². The van der Waals surface area contributed by atoms with E-state index in [1.807, 2.05) is 0 Å². The van der Waals surface area contributed by atoms with E-state index in [9.17, 15) is 29.8 Å². The van der Waals surface area contributed by atoms with Gasteiger partial charge in [0.2, 0.25) is 0 Å². The van der Waals surface area contributed by atoms with E-state index >= 15 is 0 Å². The summed E-state index contributed by atoms with van der Waals surface area (Å²) in [5, 5.41) is 21.3. The van der Waals surface area contributed by atoms with Gasteiger partial charge in [0.1, 0.15) is 17.2 Å². The van der Waals surface area contributed by atoms with Gasteiger partial charge in [-0.05, 0) is 36.4 Å². The monoisotopic (exact) mass is 409 g/mol. The molecular weight excluding hydrogens is 398 g/mol. The topological polar surface area (TPSA) is 152 Å². The molecule has 150 valence electrons. The Hall–Kier alpha value is -4.67. The van der Waals surface area contributed by atoms with Crippen molar-refractivity contribution in [3.05, 3.63) is 98.3 Å². The molecule has 1 aromatic heterocycles. The predicted octanol–water partition coefficient (Wildman–Crippen LogP) is 3.34. The van der Waals surface area contributed by atoms with Crippen LogP contribution >= 0.6 is 0 Å². The van der Waals surface area contributed by atoms with Crippen molar-refractivity contribution in [3.63, 3.8) is 0 Å². The summed E-state index contributed by atoms with van der Waals surface area (Å²) in [6.07, 6.45) is 1.21. The molecule has 0 atom stereocenters. The third-order valence-corrected chi connectivity index (χ3v) is 3.72. The molecule has 0 spiro atoms. The zero-order chi connectivity index (χ0) is 21.7. The molecule has 3 aromatic rings. The van der Waals surface area contributed by atoms with Crippen LogP contribution in [0.5, 0.6) is 11.5 Å². The first kappa shape index (κ1) is 20.1. The predicted molar refractivity (Wildman–Crippen MR) is 100 cm³/mol. The highest BCUT2D eigenvalue weighted by Gasteiger charge is 2.16. The molecule has 0 aliphatic heterocycles. The molecule has 0 amide bonds. The van der Waals surface area contributed by atoms with Crippen LogP contribution in [-0.4, -0.2) is 26.8 Å². The average Bonchev–Trinajstić information content (AvgIpc) is 2.74. The number of nitro groups is 2. The molecule has 0 aliphatic carbocycles. The van der Waals surface area contributed by atoms with Crippen molar-refractivity contribution >= 4 is 23.3 Å². The number of non-ortho nitro benzene ring substituents is 2. The van der Waals surface area contributed by atoms with Gasteiger partial charge in [0.15, 0.2) is 0 Å². The van der Waals surface area contributed by atoms with E-state index in [1.54, 1.807) is 0 Å². The number of hydrogen-bond donors (Lipinski definition) is 0. The summed E-state index contributed by atoms with van der Waals surface area (Å²) in [5.74, 6) is -1.55. The lowest BCUT2D eigenvalue weighted by Crippen LogP contribution is -2.14. The smallest absolute Gasteiger partial charge is 0.362 e. The summed E-state index contributed by atoms with van der Waals surface area (Å²) in [7, 11) is 0. The van der Waals surface area contributed by atoms with Gasteiger partial charge < -0.3 is 9.47 Å². The van der Waals surface area contributed by atoms with Gasteiger partial charge in [-0.2, -0.15) is 0 Å². The van der Waals surface area contributed by atoms with E-state index in [0.717, 1.165) is 6.07 Å². The molecule has 1 heterocycles. The number of aromatic nitrogens is 1. The minimum Gasteiger partial charge on any atom is -0.423 e. The number of benzene rings is 2. The van der Waals surface area contributed by atoms with Crippen LogP contribution in [0.1, 0.15) is 20.8 Å². The Bertz CT molecular complexity index is 1040. The maximum atomic E-state index is 12.3. The summed E-state index contributed by atoms with van der Waals surface area (Å²) >= 11 is 0. The first-order valence-corrected chi connectivity index (χ1v) is 8.23. The summed E-state index contributed by atoms with van der Waals surface area (Å²) < 4.78 is 10.2. The van der Waals surface area contributed by atoms with Crippen molar-refractivity contribution in [2.24, 2.45) is 0 Å². The fraction of sp³-hybridized carbons (Fsp3) is 0. The Balaban J connectivity index is 1.69. The van der Waals surface area contributed by atoms with Crippen molar-refractivity contribution < 1.29 is 28.9 Å². The molecule has 0 aliphatic rings. The molecule has 2 aromatic carbocycles. The number of nitrogens with zero attached hydrogens (tertiary/aromatic N) is 3. The van der Waals surface area contributed by atoms with Gasteiger partial charge in [-0.3, -0.25) is 20.2 Å². The molecule has 30 heavy (non-hydrogen) atoms. The number of carbonyl (C=O) groups is 2. The number of nitro benzene ring substituents is 2. The van der Waals surface area contributed by atoms with Crippen molar-refractivity contribution in [2.75, 3.05) is 0 Å². The fourth-order valence-corrected chi connectivity index (χ4v) is 2.27. The highest BCUT2D eigenvalue weighted by atomic mass is 16.6. The van der Waals surface area contributed by atoms with Crippen molar-refractivity contribution in [1.82, 2.24) is 4.98 Å². The van der Waals surface area contributed by atoms with Gasteiger partial charge in [0.05, 0.1) is 15.4 Å². The number of esters is 2. The molecule has 0 radical (unpaired) electrons. The summed E-state index contributed by atoms with van der Waals surface area (Å²) in [6, 6.07) is 12.2. The lowest BCUT2D eigenvalue weighted by atomic mass is 10.2. The molecular formula is C19H11N3O8. The number of rotatable bonds is 6. The number of carbonyl (C=O) groups excluding carboxylic acids is 2. The molecule has 0 saturated heterocycles. The first-order chi connectivity index (χ1) is 14.3. The van der Waals surface area contributed by atoms with Crippen molar-refractivity contribution in [1.29, 1.82) is 0 Å². The molecule has 0 bridgehead atoms. The SMILES string of the molecule is O=C(Oc1ccc([N+](=O)[O-])cc1)c1ccnc(C(=O)Oc2ccc([N+](=O)[O-])cc2)c1. The summed E-state index contributed by atoms with van der Waals surface area (Å²) in [5.41, 5.74) is -0.510. The highest BCUT2D eigenvalue weighted by Crippen LogP contribution is 2.20. The van der Waals surface area contributed by atoms with Crippen LogP contribution in [0.4, 0.5) is 11.4 Å². The molecule has 0 saturated carbocycles. The Morgan fingerprint density at radius 3 is 1.67 bits per heavy atom. The van der Waals surface area contributed by atoms with Crippen LogP contribution in [0.2, 0.25) is 0 Å². The van der Waals surface area contributed by atoms with Gasteiger partial charge in [0.25, 0.3) is 11.4 Å². The first-order valence-electron chi connectivity index (χ1n) is 8.23. The third kappa shape index (κ3) is 4.78. The Labute approximate surface area is 167 Å². The number of hydrogen-bond acceptors (Lipinski definition) is 9. The summed E-state index contributed by atoms with van der Waals surface area (Å²) in [6.45, 7) is 0. The highest BCUT2D eigenvalue weighted by molar-refractivity contribution is 5.95. The van der Waals surface area contributed by atoms with Crippen molar-refractivity contribution in [3.8, 4) is 11.5 Å². The lowest BCUT2D eigenvalue weighted by molar-refractivity contribution is -0.385. The van der Waals surface area contributed by atoms with E-state index in [1.165, 1.54) is 60.8 Å². The fourth-order valence-electron chi connectivity index (χ4n) is 2.27. The Kier molecular flexibility index (Phi) is 5.73. The quantitative estimate of drug-likeness (QED) is 0.258. The summed E-state index contributed by atoms with van der Waals surface area (Å²) in [4.78, 5) is 48.5. The van der Waals surface area contributed by atoms with Gasteiger partial charge in [-0.15, -0.1) is 0 Å². The number of pyridine rings is 1. The van der Waals surface area contributed by atoms with Gasteiger partial charge in [0, 0.05) is 30.5 Å². The van der Waals surface area contributed by atoms with E-state index in [4.69, 9.17) is 9.47 Å². The average molecular weight is 409 g/mol. The standard InChI is InChI=1S/C19H11N3O8/c23-18(29-15-5-1-13(2-6-15)21(25)26)12-9-10-20-17(11-12)19(24)30-16-7-3-14(4-8-16)22(27)28/h1-11H. The van der Waals surface area contributed by atoms with Gasteiger partial charge in [-0.1, -0.05) is 0 Å². The zero-order valence-corrected chi connectivity index (χ0v) is 15.0. The van der Waals surface area contributed by atoms with Gasteiger partial charge >= 0.3 is 11.9 Å². The second-order valence-electron chi connectivity index (χ2n) is 5.71. The van der Waals surface area contributed by atoms with Crippen LogP contribution in [0.15, 0.2) is 66.9 Å². The van der Waals surface area contributed by atoms with Crippen LogP contribution in [-0.2, 0) is 0 Å². The van der Waals surface area contributed by atoms with E-state index in [2.05, 4.69) is 4.98 Å². The van der Waals surface area contributed by atoms with E-state index in [-0.39, 0.29) is 34.1 Å². The van der Waals surface area contributed by atoms with Crippen LogP contribution in [0.25, 0.3) is 0 Å². The Morgan fingerprint density at radius 2 is 1.20 bits per heavy atom. The minimum absolute atomic E-state index is 0.000924. The maximum Gasteiger partial charge on any atom is 0.362 e. The Morgan fingerprint density at radius 1 is 0.733 bits per heavy atom. The van der Waals surface area contributed by atoms with Crippen LogP contribution < -0.4 is 9.47 Å². The van der Waals surface area contributed by atoms with Gasteiger partial charge in [-0.25, -0.2) is 14.6 Å². The van der Waals surface area contributed by atoms with Crippen LogP contribution in [0.3, 0.4) is 0 Å². The molecule has 0 unspecified atom stereocenters. The normalized spacial score (nSPS) is 10.1. The second kappa shape index (κ2) is 8.56. The molecule has 11 heteroatoms. The van der Waals surface area contributed by atoms with E-state index in [0.29, 0.717) is 0 Å². The minimum atomic E-state index is -0.881. The third-order valence-electron chi connectivity index (χ3n) is 3.72. The van der Waals surface area contributed by atoms with E-state index < -0.39 is 21.8 Å². The largest absolute Gasteiger partial charge is 0.423 e.